The molecule has 0 aliphatic heterocycles. The first-order chi connectivity index (χ1) is 11.3. The van der Waals surface area contributed by atoms with E-state index in [1.807, 2.05) is 39.8 Å². The van der Waals surface area contributed by atoms with Crippen LogP contribution in [-0.2, 0) is 11.3 Å². The molecule has 128 valence electrons. The standard InChI is InChI=1S/C17H22N4O2S/c1-9-6-7-14(10(2)16(9)20-12(4)22)21-17(23)18-8-15-11(3)19-13(5)24-15/h6-7H,8H2,1-5H3,(H,20,22)(H2,18,21,23). The molecule has 0 saturated heterocycles. The number of nitrogens with zero attached hydrogens (tertiary/aromatic N) is 1. The van der Waals surface area contributed by atoms with E-state index >= 15 is 0 Å². The molecule has 3 N–H and O–H groups in total. The summed E-state index contributed by atoms with van der Waals surface area (Å²) in [6.07, 6.45) is 0. The van der Waals surface area contributed by atoms with Crippen LogP contribution < -0.4 is 16.0 Å². The highest BCUT2D eigenvalue weighted by Gasteiger charge is 2.12. The Morgan fingerprint density at radius 1 is 1.12 bits per heavy atom. The van der Waals surface area contributed by atoms with Gasteiger partial charge in [0.15, 0.2) is 0 Å². The minimum absolute atomic E-state index is 0.140. The van der Waals surface area contributed by atoms with Crippen LogP contribution in [0.5, 0.6) is 0 Å². The average Bonchev–Trinajstić information content (AvgIpc) is 2.82. The molecule has 0 unspecified atom stereocenters. The molecule has 0 atom stereocenters. The van der Waals surface area contributed by atoms with Gasteiger partial charge in [-0.15, -0.1) is 11.3 Å². The maximum Gasteiger partial charge on any atom is 0.319 e. The predicted molar refractivity (Wildman–Crippen MR) is 97.7 cm³/mol. The van der Waals surface area contributed by atoms with Gasteiger partial charge in [-0.3, -0.25) is 4.79 Å². The minimum Gasteiger partial charge on any atom is -0.333 e. The van der Waals surface area contributed by atoms with Crippen LogP contribution in [0.4, 0.5) is 16.2 Å². The molecule has 24 heavy (non-hydrogen) atoms. The van der Waals surface area contributed by atoms with E-state index in [2.05, 4.69) is 20.9 Å². The summed E-state index contributed by atoms with van der Waals surface area (Å²) in [7, 11) is 0. The zero-order valence-electron chi connectivity index (χ0n) is 14.5. The molecule has 0 bridgehead atoms. The number of rotatable bonds is 4. The molecule has 0 aliphatic rings. The fourth-order valence-corrected chi connectivity index (χ4v) is 3.29. The smallest absolute Gasteiger partial charge is 0.319 e. The fourth-order valence-electron chi connectivity index (χ4n) is 2.42. The van der Waals surface area contributed by atoms with Crippen LogP contribution in [0, 0.1) is 27.7 Å². The van der Waals surface area contributed by atoms with Gasteiger partial charge in [0.2, 0.25) is 5.91 Å². The van der Waals surface area contributed by atoms with Crippen molar-refractivity contribution in [3.63, 3.8) is 0 Å². The summed E-state index contributed by atoms with van der Waals surface area (Å²) >= 11 is 1.58. The number of amides is 3. The van der Waals surface area contributed by atoms with Crippen LogP contribution in [0.25, 0.3) is 0 Å². The molecule has 1 heterocycles. The van der Waals surface area contributed by atoms with Crippen LogP contribution in [-0.4, -0.2) is 16.9 Å². The second-order valence-electron chi connectivity index (χ2n) is 5.66. The molecule has 0 aliphatic carbocycles. The monoisotopic (exact) mass is 346 g/mol. The Bertz CT molecular complexity index is 783. The third kappa shape index (κ3) is 4.32. The van der Waals surface area contributed by atoms with Crippen LogP contribution in [0.1, 0.15) is 33.6 Å². The lowest BCUT2D eigenvalue weighted by molar-refractivity contribution is -0.114. The summed E-state index contributed by atoms with van der Waals surface area (Å²) in [4.78, 5) is 28.9. The molecule has 2 rings (SSSR count). The molecule has 6 nitrogen and oxygen atoms in total. The van der Waals surface area contributed by atoms with Crippen LogP contribution in [0.15, 0.2) is 12.1 Å². The Labute approximate surface area is 145 Å². The topological polar surface area (TPSA) is 83.1 Å². The molecular formula is C17H22N4O2S. The maximum atomic E-state index is 12.1. The maximum absolute atomic E-state index is 12.1. The molecule has 7 heteroatoms. The van der Waals surface area contributed by atoms with Crippen molar-refractivity contribution in [1.82, 2.24) is 10.3 Å². The van der Waals surface area contributed by atoms with Crippen molar-refractivity contribution in [2.75, 3.05) is 10.6 Å². The van der Waals surface area contributed by atoms with Crippen LogP contribution in [0.2, 0.25) is 0 Å². The molecule has 1 aromatic carbocycles. The van der Waals surface area contributed by atoms with Crippen LogP contribution in [0.3, 0.4) is 0 Å². The average molecular weight is 346 g/mol. The number of hydrogen-bond acceptors (Lipinski definition) is 4. The lowest BCUT2D eigenvalue weighted by Gasteiger charge is -2.15. The summed E-state index contributed by atoms with van der Waals surface area (Å²) < 4.78 is 0. The van der Waals surface area contributed by atoms with Gasteiger partial charge in [0.25, 0.3) is 0 Å². The molecule has 0 fully saturated rings. The zero-order chi connectivity index (χ0) is 17.9. The molecule has 0 spiro atoms. The van der Waals surface area contributed by atoms with Gasteiger partial charge in [0.1, 0.15) is 0 Å². The van der Waals surface area contributed by atoms with E-state index in [1.54, 1.807) is 11.3 Å². The quantitative estimate of drug-likeness (QED) is 0.790. The number of nitrogens with one attached hydrogen (secondary N) is 3. The van der Waals surface area contributed by atoms with Crippen molar-refractivity contribution in [2.45, 2.75) is 41.2 Å². The molecule has 0 radical (unpaired) electrons. The summed E-state index contributed by atoms with van der Waals surface area (Å²) in [6.45, 7) is 9.56. The van der Waals surface area contributed by atoms with Gasteiger partial charge in [-0.1, -0.05) is 6.07 Å². The van der Waals surface area contributed by atoms with Crippen molar-refractivity contribution < 1.29 is 9.59 Å². The first-order valence-corrected chi connectivity index (χ1v) is 8.45. The normalized spacial score (nSPS) is 10.4. The largest absolute Gasteiger partial charge is 0.333 e. The number of carbonyl (C=O) groups is 2. The van der Waals surface area contributed by atoms with Crippen molar-refractivity contribution in [1.29, 1.82) is 0 Å². The highest BCUT2D eigenvalue weighted by molar-refractivity contribution is 7.11. The van der Waals surface area contributed by atoms with Gasteiger partial charge >= 0.3 is 6.03 Å². The molecule has 3 amide bonds. The third-order valence-corrected chi connectivity index (χ3v) is 4.70. The fraction of sp³-hybridized carbons (Fsp3) is 0.353. The van der Waals surface area contributed by atoms with E-state index in [0.717, 1.165) is 32.4 Å². The lowest BCUT2D eigenvalue weighted by atomic mass is 10.1. The van der Waals surface area contributed by atoms with E-state index in [0.29, 0.717) is 12.2 Å². The summed E-state index contributed by atoms with van der Waals surface area (Å²) in [5.41, 5.74) is 4.11. The van der Waals surface area contributed by atoms with Gasteiger partial charge in [-0.05, 0) is 44.9 Å². The Balaban J connectivity index is 2.06. The number of anilines is 2. The van der Waals surface area contributed by atoms with Crippen LogP contribution >= 0.6 is 11.3 Å². The van der Waals surface area contributed by atoms with Crippen molar-refractivity contribution in [2.24, 2.45) is 0 Å². The van der Waals surface area contributed by atoms with E-state index in [-0.39, 0.29) is 11.9 Å². The Morgan fingerprint density at radius 2 is 1.83 bits per heavy atom. The predicted octanol–water partition coefficient (Wildman–Crippen LogP) is 3.66. The number of carbonyl (C=O) groups excluding carboxylic acids is 2. The zero-order valence-corrected chi connectivity index (χ0v) is 15.4. The number of aromatic nitrogens is 1. The number of hydrogen-bond donors (Lipinski definition) is 3. The number of aryl methyl sites for hydroxylation is 3. The first kappa shape index (κ1) is 17.9. The van der Waals surface area contributed by atoms with Gasteiger partial charge in [0.05, 0.1) is 17.2 Å². The summed E-state index contributed by atoms with van der Waals surface area (Å²) in [6, 6.07) is 3.41. The van der Waals surface area contributed by atoms with Crippen molar-refractivity contribution in [3.05, 3.63) is 38.8 Å². The number of thiazole rings is 1. The highest BCUT2D eigenvalue weighted by Crippen LogP contribution is 2.27. The first-order valence-electron chi connectivity index (χ1n) is 7.63. The SMILES string of the molecule is CC(=O)Nc1c(C)ccc(NC(=O)NCc2sc(C)nc2C)c1C. The molecule has 2 aromatic rings. The summed E-state index contributed by atoms with van der Waals surface area (Å²) in [5, 5.41) is 9.46. The van der Waals surface area contributed by atoms with Gasteiger partial charge < -0.3 is 16.0 Å². The van der Waals surface area contributed by atoms with Crippen molar-refractivity contribution >= 4 is 34.6 Å². The molecular weight excluding hydrogens is 324 g/mol. The van der Waals surface area contributed by atoms with E-state index in [9.17, 15) is 9.59 Å². The van der Waals surface area contributed by atoms with Gasteiger partial charge in [0, 0.05) is 23.2 Å². The second-order valence-corrected chi connectivity index (χ2v) is 6.95. The van der Waals surface area contributed by atoms with Gasteiger partial charge in [-0.25, -0.2) is 9.78 Å². The second kappa shape index (κ2) is 7.44. The molecule has 0 saturated carbocycles. The lowest BCUT2D eigenvalue weighted by Crippen LogP contribution is -2.28. The van der Waals surface area contributed by atoms with E-state index < -0.39 is 0 Å². The Morgan fingerprint density at radius 3 is 2.42 bits per heavy atom. The Kier molecular flexibility index (Phi) is 5.56. The number of benzene rings is 1. The highest BCUT2D eigenvalue weighted by atomic mass is 32.1. The van der Waals surface area contributed by atoms with E-state index in [4.69, 9.17) is 0 Å². The van der Waals surface area contributed by atoms with Gasteiger partial charge in [-0.2, -0.15) is 0 Å². The minimum atomic E-state index is -0.291. The van der Waals surface area contributed by atoms with E-state index in [1.165, 1.54) is 6.92 Å². The third-order valence-electron chi connectivity index (χ3n) is 3.63. The van der Waals surface area contributed by atoms with Crippen molar-refractivity contribution in [3.8, 4) is 0 Å². The molecule has 1 aromatic heterocycles. The summed E-state index contributed by atoms with van der Waals surface area (Å²) in [5.74, 6) is -0.140. The number of urea groups is 1. The Hall–Kier alpha value is -2.41.